The van der Waals surface area contributed by atoms with Gasteiger partial charge in [0.1, 0.15) is 10.6 Å². The smallest absolute Gasteiger partial charge is 0.265 e. The Morgan fingerprint density at radius 2 is 2.00 bits per heavy atom. The molecule has 21 heavy (non-hydrogen) atoms. The van der Waals surface area contributed by atoms with Gasteiger partial charge in [-0.15, -0.1) is 0 Å². The first kappa shape index (κ1) is 15.5. The highest BCUT2D eigenvalue weighted by molar-refractivity contribution is 7.89. The fraction of sp³-hybridized carbons (Fsp3) is 0.500. The number of carbonyl (C=O) groups is 2. The molecule has 0 unspecified atom stereocenters. The number of aromatic nitrogens is 1. The molecule has 1 aliphatic rings. The van der Waals surface area contributed by atoms with Crippen LogP contribution in [0.15, 0.2) is 17.2 Å². The molecule has 1 aliphatic heterocycles. The van der Waals surface area contributed by atoms with E-state index in [1.54, 1.807) is 7.05 Å². The van der Waals surface area contributed by atoms with E-state index in [4.69, 9.17) is 11.5 Å². The summed E-state index contributed by atoms with van der Waals surface area (Å²) < 4.78 is 27.7. The molecule has 2 rings (SSSR count). The van der Waals surface area contributed by atoms with E-state index >= 15 is 0 Å². The van der Waals surface area contributed by atoms with Crippen LogP contribution in [0.5, 0.6) is 0 Å². The van der Waals surface area contributed by atoms with Gasteiger partial charge in [-0.2, -0.15) is 4.31 Å². The van der Waals surface area contributed by atoms with Crippen molar-refractivity contribution in [2.75, 3.05) is 13.1 Å². The van der Waals surface area contributed by atoms with E-state index in [0.717, 1.165) is 0 Å². The summed E-state index contributed by atoms with van der Waals surface area (Å²) >= 11 is 0. The molecule has 0 radical (unpaired) electrons. The van der Waals surface area contributed by atoms with Gasteiger partial charge in [0.25, 0.3) is 5.91 Å². The Morgan fingerprint density at radius 1 is 1.33 bits per heavy atom. The predicted octanol–water partition coefficient (Wildman–Crippen LogP) is -0.990. The number of rotatable bonds is 4. The second kappa shape index (κ2) is 5.49. The Bertz CT molecular complexity index is 679. The van der Waals surface area contributed by atoms with Gasteiger partial charge in [0.05, 0.1) is 5.92 Å². The summed E-state index contributed by atoms with van der Waals surface area (Å²) in [7, 11) is -2.22. The van der Waals surface area contributed by atoms with Gasteiger partial charge >= 0.3 is 0 Å². The fourth-order valence-electron chi connectivity index (χ4n) is 2.46. The molecule has 0 spiro atoms. The number of hydrogen-bond donors (Lipinski definition) is 2. The number of primary amides is 2. The quantitative estimate of drug-likeness (QED) is 0.739. The lowest BCUT2D eigenvalue weighted by atomic mass is 9.99. The highest BCUT2D eigenvalue weighted by Crippen LogP contribution is 2.24. The zero-order valence-electron chi connectivity index (χ0n) is 11.7. The van der Waals surface area contributed by atoms with Crippen molar-refractivity contribution in [3.05, 3.63) is 18.0 Å². The second-order valence-electron chi connectivity index (χ2n) is 5.14. The lowest BCUT2D eigenvalue weighted by Gasteiger charge is -2.29. The summed E-state index contributed by atoms with van der Waals surface area (Å²) in [6.45, 7) is 0.394. The zero-order valence-corrected chi connectivity index (χ0v) is 12.5. The molecule has 1 atom stereocenters. The van der Waals surface area contributed by atoms with E-state index in [1.807, 2.05) is 0 Å². The van der Waals surface area contributed by atoms with Crippen molar-refractivity contribution < 1.29 is 18.0 Å². The van der Waals surface area contributed by atoms with E-state index in [2.05, 4.69) is 0 Å². The number of piperidine rings is 1. The third kappa shape index (κ3) is 2.93. The minimum atomic E-state index is -3.77. The van der Waals surface area contributed by atoms with Crippen LogP contribution in [0.2, 0.25) is 0 Å². The molecule has 2 amide bonds. The van der Waals surface area contributed by atoms with Crippen molar-refractivity contribution in [2.45, 2.75) is 17.7 Å². The summed E-state index contributed by atoms with van der Waals surface area (Å²) in [5, 5.41) is 0. The molecule has 2 heterocycles. The van der Waals surface area contributed by atoms with Gasteiger partial charge in [0.2, 0.25) is 15.9 Å². The Morgan fingerprint density at radius 3 is 2.52 bits per heavy atom. The molecule has 0 bridgehead atoms. The molecule has 8 nitrogen and oxygen atoms in total. The first-order valence-corrected chi connectivity index (χ1v) is 7.93. The highest BCUT2D eigenvalue weighted by Gasteiger charge is 2.33. The van der Waals surface area contributed by atoms with Crippen LogP contribution in [0.3, 0.4) is 0 Å². The Balaban J connectivity index is 2.31. The Kier molecular flexibility index (Phi) is 4.06. The molecule has 1 aromatic heterocycles. The number of sulfonamides is 1. The summed E-state index contributed by atoms with van der Waals surface area (Å²) in [4.78, 5) is 22.4. The first-order chi connectivity index (χ1) is 9.73. The van der Waals surface area contributed by atoms with Crippen LogP contribution in [-0.4, -0.2) is 42.2 Å². The van der Waals surface area contributed by atoms with Crippen molar-refractivity contribution >= 4 is 21.8 Å². The third-order valence-corrected chi connectivity index (χ3v) is 5.49. The highest BCUT2D eigenvalue weighted by atomic mass is 32.2. The van der Waals surface area contributed by atoms with Gasteiger partial charge in [-0.1, -0.05) is 0 Å². The van der Waals surface area contributed by atoms with Gasteiger partial charge in [0, 0.05) is 26.3 Å². The van der Waals surface area contributed by atoms with E-state index < -0.39 is 27.8 Å². The lowest BCUT2D eigenvalue weighted by molar-refractivity contribution is -0.122. The Hall–Kier alpha value is -1.87. The van der Waals surface area contributed by atoms with E-state index in [1.165, 1.54) is 21.1 Å². The number of carbonyl (C=O) groups excluding carboxylic acids is 2. The van der Waals surface area contributed by atoms with Crippen molar-refractivity contribution in [3.63, 3.8) is 0 Å². The molecular weight excluding hydrogens is 296 g/mol. The number of nitrogens with zero attached hydrogens (tertiary/aromatic N) is 2. The average molecular weight is 314 g/mol. The van der Waals surface area contributed by atoms with Gasteiger partial charge in [-0.3, -0.25) is 9.59 Å². The van der Waals surface area contributed by atoms with E-state index in [9.17, 15) is 18.0 Å². The summed E-state index contributed by atoms with van der Waals surface area (Å²) in [5.74, 6) is -1.68. The molecule has 116 valence electrons. The average Bonchev–Trinajstić information content (AvgIpc) is 2.82. The number of amides is 2. The van der Waals surface area contributed by atoms with E-state index in [0.29, 0.717) is 19.4 Å². The first-order valence-electron chi connectivity index (χ1n) is 6.49. The molecule has 1 aromatic rings. The summed E-state index contributed by atoms with van der Waals surface area (Å²) in [6, 6.07) is 1.24. The fourth-order valence-corrected chi connectivity index (χ4v) is 4.06. The summed E-state index contributed by atoms with van der Waals surface area (Å²) in [6.07, 6.45) is 2.49. The molecule has 9 heteroatoms. The molecule has 1 saturated heterocycles. The van der Waals surface area contributed by atoms with Gasteiger partial charge in [0.15, 0.2) is 0 Å². The molecule has 0 saturated carbocycles. The second-order valence-corrected chi connectivity index (χ2v) is 7.08. The van der Waals surface area contributed by atoms with Crippen molar-refractivity contribution in [2.24, 2.45) is 24.4 Å². The summed E-state index contributed by atoms with van der Waals surface area (Å²) in [5.41, 5.74) is 10.5. The van der Waals surface area contributed by atoms with Crippen LogP contribution in [0, 0.1) is 5.92 Å². The largest absolute Gasteiger partial charge is 0.369 e. The number of nitrogens with two attached hydrogens (primary N) is 2. The maximum atomic E-state index is 12.6. The van der Waals surface area contributed by atoms with Gasteiger partial charge in [-0.05, 0) is 18.9 Å². The minimum Gasteiger partial charge on any atom is -0.369 e. The molecule has 0 aromatic carbocycles. The van der Waals surface area contributed by atoms with Crippen LogP contribution < -0.4 is 11.5 Å². The molecular formula is C12H18N4O4S. The van der Waals surface area contributed by atoms with Crippen LogP contribution in [0.1, 0.15) is 23.3 Å². The standard InChI is InChI=1S/C12H18N4O4S/c1-15-7-9(5-10(15)12(14)18)21(19,20)16-4-2-3-8(6-16)11(13)17/h5,7-8H,2-4,6H2,1H3,(H2,13,17)(H2,14,18)/t8-/m0/s1. The molecule has 0 aliphatic carbocycles. The molecule has 4 N–H and O–H groups in total. The van der Waals surface area contributed by atoms with Crippen molar-refractivity contribution in [1.82, 2.24) is 8.87 Å². The van der Waals surface area contributed by atoms with Crippen LogP contribution in [0.4, 0.5) is 0 Å². The topological polar surface area (TPSA) is 128 Å². The van der Waals surface area contributed by atoms with Crippen molar-refractivity contribution in [3.8, 4) is 0 Å². The zero-order chi connectivity index (χ0) is 15.8. The van der Waals surface area contributed by atoms with E-state index in [-0.39, 0.29) is 17.1 Å². The molecule has 1 fully saturated rings. The number of hydrogen-bond acceptors (Lipinski definition) is 4. The van der Waals surface area contributed by atoms with Crippen LogP contribution in [0.25, 0.3) is 0 Å². The maximum absolute atomic E-state index is 12.6. The van der Waals surface area contributed by atoms with Crippen LogP contribution in [-0.2, 0) is 21.9 Å². The normalized spacial score (nSPS) is 20.3. The third-order valence-electron chi connectivity index (χ3n) is 3.66. The minimum absolute atomic E-state index is 0.0103. The van der Waals surface area contributed by atoms with Crippen molar-refractivity contribution in [1.29, 1.82) is 0 Å². The predicted molar refractivity (Wildman–Crippen MR) is 74.6 cm³/mol. The lowest BCUT2D eigenvalue weighted by Crippen LogP contribution is -2.43. The SMILES string of the molecule is Cn1cc(S(=O)(=O)N2CCC[C@H](C(N)=O)C2)cc1C(N)=O. The number of aryl methyl sites for hydroxylation is 1. The maximum Gasteiger partial charge on any atom is 0.265 e. The van der Waals surface area contributed by atoms with Gasteiger partial charge in [-0.25, -0.2) is 8.42 Å². The van der Waals surface area contributed by atoms with Gasteiger partial charge < -0.3 is 16.0 Å². The van der Waals surface area contributed by atoms with Crippen LogP contribution >= 0.6 is 0 Å². The monoisotopic (exact) mass is 314 g/mol. The Labute approximate surface area is 122 Å².